The van der Waals surface area contributed by atoms with Crippen molar-refractivity contribution in [2.75, 3.05) is 0 Å². The second kappa shape index (κ2) is 8.05. The first-order chi connectivity index (χ1) is 13.7. The number of aryl methyl sites for hydroxylation is 1. The lowest BCUT2D eigenvalue weighted by atomic mass is 10.1. The minimum atomic E-state index is -0.158. The van der Waals surface area contributed by atoms with Gasteiger partial charge in [0.2, 0.25) is 5.88 Å². The quantitative estimate of drug-likeness (QED) is 0.644. The number of hydrogen-bond donors (Lipinski definition) is 0. The largest absolute Gasteiger partial charge is 0.469 e. The Hall–Kier alpha value is -3.46. The van der Waals surface area contributed by atoms with E-state index in [-0.39, 0.29) is 18.0 Å². The molecule has 1 aliphatic carbocycles. The van der Waals surface area contributed by atoms with Gasteiger partial charge in [0.05, 0.1) is 12.6 Å². The maximum absolute atomic E-state index is 12.5. The third-order valence-electron chi connectivity index (χ3n) is 4.44. The summed E-state index contributed by atoms with van der Waals surface area (Å²) in [5, 5.41) is 0. The molecular formula is C22H20N4O2. The summed E-state index contributed by atoms with van der Waals surface area (Å²) >= 11 is 0. The van der Waals surface area contributed by atoms with Gasteiger partial charge in [-0.1, -0.05) is 24.0 Å². The Balaban J connectivity index is 1.44. The van der Waals surface area contributed by atoms with Crippen LogP contribution in [0.4, 0.5) is 0 Å². The molecule has 3 aromatic rings. The molecule has 2 aromatic heterocycles. The van der Waals surface area contributed by atoms with E-state index in [0.29, 0.717) is 24.1 Å². The molecule has 1 saturated carbocycles. The molecule has 4 rings (SSSR count). The van der Waals surface area contributed by atoms with Crippen LogP contribution in [-0.4, -0.2) is 19.5 Å². The molecule has 0 N–H and O–H groups in total. The second-order valence-corrected chi connectivity index (χ2v) is 6.76. The molecule has 0 bridgehead atoms. The van der Waals surface area contributed by atoms with Crippen molar-refractivity contribution in [1.82, 2.24) is 19.5 Å². The van der Waals surface area contributed by atoms with Gasteiger partial charge in [0.15, 0.2) is 5.82 Å². The normalized spacial score (nSPS) is 12.9. The van der Waals surface area contributed by atoms with Crippen LogP contribution < -0.4 is 10.3 Å². The number of rotatable bonds is 5. The number of aromatic nitrogens is 4. The zero-order valence-electron chi connectivity index (χ0n) is 15.6. The lowest BCUT2D eigenvalue weighted by Crippen LogP contribution is -2.24. The van der Waals surface area contributed by atoms with E-state index in [1.807, 2.05) is 24.3 Å². The molecule has 1 fully saturated rings. The van der Waals surface area contributed by atoms with Crippen molar-refractivity contribution < 1.29 is 4.74 Å². The Bertz CT molecular complexity index is 1080. The lowest BCUT2D eigenvalue weighted by molar-refractivity contribution is 0.281. The van der Waals surface area contributed by atoms with Gasteiger partial charge in [0, 0.05) is 23.9 Å². The fourth-order valence-corrected chi connectivity index (χ4v) is 2.69. The summed E-state index contributed by atoms with van der Waals surface area (Å²) in [5.41, 5.74) is 1.87. The zero-order valence-corrected chi connectivity index (χ0v) is 15.6. The van der Waals surface area contributed by atoms with Crippen molar-refractivity contribution in [1.29, 1.82) is 0 Å². The highest BCUT2D eigenvalue weighted by molar-refractivity contribution is 5.37. The van der Waals surface area contributed by atoms with Crippen LogP contribution >= 0.6 is 0 Å². The molecule has 28 heavy (non-hydrogen) atoms. The van der Waals surface area contributed by atoms with Gasteiger partial charge in [-0.05, 0) is 43.5 Å². The molecule has 1 aromatic carbocycles. The SMILES string of the molecule is Cc1nc(OCc2ncccn2)cc(=O)n1Cc1ccc(C#CC2CC2)cc1. The highest BCUT2D eigenvalue weighted by Crippen LogP contribution is 2.27. The van der Waals surface area contributed by atoms with Gasteiger partial charge in [-0.3, -0.25) is 9.36 Å². The van der Waals surface area contributed by atoms with Gasteiger partial charge in [-0.25, -0.2) is 15.0 Å². The Morgan fingerprint density at radius 1 is 1.18 bits per heavy atom. The molecule has 6 heteroatoms. The average Bonchev–Trinajstić information content (AvgIpc) is 3.54. The summed E-state index contributed by atoms with van der Waals surface area (Å²) in [6, 6.07) is 11.1. The first-order valence-electron chi connectivity index (χ1n) is 9.25. The molecule has 2 heterocycles. The van der Waals surface area contributed by atoms with E-state index in [1.54, 1.807) is 30.0 Å². The maximum atomic E-state index is 12.5. The molecular weight excluding hydrogens is 352 g/mol. The van der Waals surface area contributed by atoms with Crippen LogP contribution in [-0.2, 0) is 13.2 Å². The van der Waals surface area contributed by atoms with Gasteiger partial charge in [0.1, 0.15) is 12.4 Å². The first kappa shape index (κ1) is 17.9. The average molecular weight is 372 g/mol. The number of benzene rings is 1. The van der Waals surface area contributed by atoms with Gasteiger partial charge in [0.25, 0.3) is 5.56 Å². The fourth-order valence-electron chi connectivity index (χ4n) is 2.69. The predicted molar refractivity (Wildman–Crippen MR) is 105 cm³/mol. The minimum absolute atomic E-state index is 0.158. The molecule has 1 aliphatic rings. The highest BCUT2D eigenvalue weighted by Gasteiger charge is 2.17. The van der Waals surface area contributed by atoms with Crippen LogP contribution in [0.15, 0.2) is 53.6 Å². The van der Waals surface area contributed by atoms with Crippen molar-refractivity contribution in [2.45, 2.75) is 32.9 Å². The van der Waals surface area contributed by atoms with E-state index in [1.165, 1.54) is 18.9 Å². The van der Waals surface area contributed by atoms with Crippen molar-refractivity contribution in [3.63, 3.8) is 0 Å². The minimum Gasteiger partial charge on any atom is -0.469 e. The van der Waals surface area contributed by atoms with Gasteiger partial charge in [-0.15, -0.1) is 0 Å². The van der Waals surface area contributed by atoms with Crippen LogP contribution in [0.25, 0.3) is 0 Å². The maximum Gasteiger partial charge on any atom is 0.257 e. The standard InChI is InChI=1S/C22H20N4O2/c1-16-25-21(28-15-20-23-11-2-12-24-20)13-22(27)26(16)14-19-9-7-18(8-10-19)6-5-17-3-4-17/h2,7-13,17H,3-4,14-15H2,1H3. The second-order valence-electron chi connectivity index (χ2n) is 6.76. The summed E-state index contributed by atoms with van der Waals surface area (Å²) in [6.45, 7) is 2.42. The predicted octanol–water partition coefficient (Wildman–Crippen LogP) is 2.73. The molecule has 6 nitrogen and oxygen atoms in total. The Morgan fingerprint density at radius 3 is 2.61 bits per heavy atom. The lowest BCUT2D eigenvalue weighted by Gasteiger charge is -2.11. The summed E-state index contributed by atoms with van der Waals surface area (Å²) < 4.78 is 7.18. The van der Waals surface area contributed by atoms with E-state index >= 15 is 0 Å². The van der Waals surface area contributed by atoms with E-state index in [2.05, 4.69) is 26.8 Å². The third-order valence-corrected chi connectivity index (χ3v) is 4.44. The van der Waals surface area contributed by atoms with Crippen LogP contribution in [0, 0.1) is 24.7 Å². The van der Waals surface area contributed by atoms with Crippen molar-refractivity contribution in [3.05, 3.63) is 81.9 Å². The first-order valence-corrected chi connectivity index (χ1v) is 9.25. The molecule has 0 spiro atoms. The van der Waals surface area contributed by atoms with E-state index in [9.17, 15) is 4.79 Å². The summed E-state index contributed by atoms with van der Waals surface area (Å²) in [7, 11) is 0. The third kappa shape index (κ3) is 4.63. The van der Waals surface area contributed by atoms with Gasteiger partial charge in [-0.2, -0.15) is 0 Å². The number of ether oxygens (including phenoxy) is 1. The molecule has 0 radical (unpaired) electrons. The van der Waals surface area contributed by atoms with E-state index in [4.69, 9.17) is 4.74 Å². The highest BCUT2D eigenvalue weighted by atomic mass is 16.5. The molecule has 0 aliphatic heterocycles. The Kier molecular flexibility index (Phi) is 5.16. The van der Waals surface area contributed by atoms with E-state index in [0.717, 1.165) is 11.1 Å². The Labute approximate surface area is 163 Å². The van der Waals surface area contributed by atoms with Crippen LogP contribution in [0.1, 0.15) is 35.6 Å². The van der Waals surface area contributed by atoms with Crippen LogP contribution in [0.5, 0.6) is 5.88 Å². The summed E-state index contributed by atoms with van der Waals surface area (Å²) in [6.07, 6.45) is 5.73. The summed E-state index contributed by atoms with van der Waals surface area (Å²) in [5.74, 6) is 8.44. The zero-order chi connectivity index (χ0) is 19.3. The van der Waals surface area contributed by atoms with Crippen molar-refractivity contribution in [3.8, 4) is 17.7 Å². The molecule has 0 atom stereocenters. The van der Waals surface area contributed by atoms with Gasteiger partial charge >= 0.3 is 0 Å². The fraction of sp³-hybridized carbons (Fsp3) is 0.273. The van der Waals surface area contributed by atoms with Crippen LogP contribution in [0.3, 0.4) is 0 Å². The van der Waals surface area contributed by atoms with Gasteiger partial charge < -0.3 is 4.74 Å². The monoisotopic (exact) mass is 372 g/mol. The molecule has 0 amide bonds. The molecule has 0 saturated heterocycles. The van der Waals surface area contributed by atoms with Crippen molar-refractivity contribution >= 4 is 0 Å². The topological polar surface area (TPSA) is 69.9 Å². The van der Waals surface area contributed by atoms with Crippen LogP contribution in [0.2, 0.25) is 0 Å². The van der Waals surface area contributed by atoms with E-state index < -0.39 is 0 Å². The number of nitrogens with zero attached hydrogens (tertiary/aromatic N) is 4. The van der Waals surface area contributed by atoms with Crippen molar-refractivity contribution in [2.24, 2.45) is 5.92 Å². The molecule has 140 valence electrons. The smallest absolute Gasteiger partial charge is 0.257 e. The summed E-state index contributed by atoms with van der Waals surface area (Å²) in [4.78, 5) is 25.1. The Morgan fingerprint density at radius 2 is 1.93 bits per heavy atom. The number of hydrogen-bond acceptors (Lipinski definition) is 5. The molecule has 0 unspecified atom stereocenters.